The van der Waals surface area contributed by atoms with Gasteiger partial charge in [0.15, 0.2) is 0 Å². The molecule has 1 N–H and O–H groups in total. The summed E-state index contributed by atoms with van der Waals surface area (Å²) in [6.45, 7) is 2.82. The summed E-state index contributed by atoms with van der Waals surface area (Å²) in [7, 11) is -1.89. The van der Waals surface area contributed by atoms with Crippen LogP contribution < -0.4 is 5.32 Å². The lowest BCUT2D eigenvalue weighted by Crippen LogP contribution is -2.29. The Morgan fingerprint density at radius 3 is 2.62 bits per heavy atom. The number of nitrogens with one attached hydrogen (secondary N) is 1. The van der Waals surface area contributed by atoms with Crippen LogP contribution in [0.2, 0.25) is 0 Å². The maximum absolute atomic E-state index is 12.3. The molecule has 0 saturated carbocycles. The highest BCUT2D eigenvalue weighted by atomic mass is 32.2. The van der Waals surface area contributed by atoms with Crippen molar-refractivity contribution in [3.8, 4) is 0 Å². The van der Waals surface area contributed by atoms with E-state index in [2.05, 4.69) is 5.32 Å². The van der Waals surface area contributed by atoms with Crippen LogP contribution in [0.3, 0.4) is 0 Å². The molecule has 7 heteroatoms. The fourth-order valence-corrected chi connectivity index (χ4v) is 4.65. The first-order valence-electron chi connectivity index (χ1n) is 7.72. The molecular weight excluding hydrogens is 344 g/mol. The molecule has 1 aromatic carbocycles. The van der Waals surface area contributed by atoms with E-state index in [-0.39, 0.29) is 5.91 Å². The van der Waals surface area contributed by atoms with Crippen LogP contribution in [0.1, 0.15) is 24.0 Å². The molecule has 1 heterocycles. The molecule has 0 bridgehead atoms. The molecule has 0 aliphatic heterocycles. The van der Waals surface area contributed by atoms with Crippen molar-refractivity contribution in [3.05, 3.63) is 52.9 Å². The zero-order valence-corrected chi connectivity index (χ0v) is 15.5. The van der Waals surface area contributed by atoms with Gasteiger partial charge in [-0.15, -0.1) is 11.3 Å². The molecule has 0 spiro atoms. The average Bonchev–Trinajstić information content (AvgIpc) is 3.09. The minimum absolute atomic E-state index is 0.0693. The molecule has 1 amide bonds. The normalized spacial score (nSPS) is 11.6. The third-order valence-electron chi connectivity index (χ3n) is 3.77. The van der Waals surface area contributed by atoms with E-state index in [4.69, 9.17) is 0 Å². The Bertz CT molecular complexity index is 771. The molecule has 0 unspecified atom stereocenters. The number of amides is 1. The van der Waals surface area contributed by atoms with E-state index in [0.29, 0.717) is 30.1 Å². The van der Waals surface area contributed by atoms with Gasteiger partial charge < -0.3 is 5.32 Å². The number of nitrogens with zero attached hydrogens (tertiary/aromatic N) is 1. The van der Waals surface area contributed by atoms with Crippen LogP contribution >= 0.6 is 11.3 Å². The van der Waals surface area contributed by atoms with Crippen LogP contribution in [0.25, 0.3) is 0 Å². The number of sulfonamides is 1. The third kappa shape index (κ3) is 4.90. The van der Waals surface area contributed by atoms with Crippen molar-refractivity contribution in [1.82, 2.24) is 9.62 Å². The molecule has 130 valence electrons. The molecule has 2 rings (SSSR count). The monoisotopic (exact) mass is 366 g/mol. The molecular formula is C17H22N2O3S2. The van der Waals surface area contributed by atoms with Crippen molar-refractivity contribution in [2.75, 3.05) is 13.6 Å². The number of thiophene rings is 1. The minimum Gasteiger partial charge on any atom is -0.352 e. The number of carbonyl (C=O) groups excluding carboxylic acids is 1. The molecule has 0 saturated heterocycles. The largest absolute Gasteiger partial charge is 0.352 e. The number of hydrogen-bond acceptors (Lipinski definition) is 4. The Hall–Kier alpha value is -1.70. The van der Waals surface area contributed by atoms with Crippen molar-refractivity contribution < 1.29 is 13.2 Å². The lowest BCUT2D eigenvalue weighted by atomic mass is 10.1. The van der Waals surface area contributed by atoms with Gasteiger partial charge in [0.25, 0.3) is 10.0 Å². The van der Waals surface area contributed by atoms with Crippen molar-refractivity contribution in [2.45, 2.75) is 30.5 Å². The van der Waals surface area contributed by atoms with Crippen molar-refractivity contribution in [3.63, 3.8) is 0 Å². The van der Waals surface area contributed by atoms with Gasteiger partial charge >= 0.3 is 0 Å². The summed E-state index contributed by atoms with van der Waals surface area (Å²) >= 11 is 1.20. The van der Waals surface area contributed by atoms with E-state index in [9.17, 15) is 13.2 Å². The Morgan fingerprint density at radius 1 is 1.21 bits per heavy atom. The fraction of sp³-hybridized carbons (Fsp3) is 0.353. The van der Waals surface area contributed by atoms with Crippen molar-refractivity contribution >= 4 is 27.3 Å². The summed E-state index contributed by atoms with van der Waals surface area (Å²) in [4.78, 5) is 11.9. The van der Waals surface area contributed by atoms with E-state index in [1.165, 1.54) is 15.6 Å². The third-order valence-corrected chi connectivity index (χ3v) is 7.00. The molecule has 0 aliphatic rings. The molecule has 2 aromatic rings. The van der Waals surface area contributed by atoms with Gasteiger partial charge in [0.05, 0.1) is 0 Å². The number of carbonyl (C=O) groups is 1. The molecule has 0 aliphatic carbocycles. The maximum Gasteiger partial charge on any atom is 0.252 e. The Morgan fingerprint density at radius 2 is 1.96 bits per heavy atom. The smallest absolute Gasteiger partial charge is 0.252 e. The zero-order valence-electron chi connectivity index (χ0n) is 13.9. The molecule has 0 atom stereocenters. The quantitative estimate of drug-likeness (QED) is 0.781. The van der Waals surface area contributed by atoms with Gasteiger partial charge in [-0.2, -0.15) is 0 Å². The van der Waals surface area contributed by atoms with Crippen LogP contribution in [0.4, 0.5) is 0 Å². The van der Waals surface area contributed by atoms with Gasteiger partial charge in [0, 0.05) is 26.6 Å². The minimum atomic E-state index is -3.43. The van der Waals surface area contributed by atoms with Gasteiger partial charge in [0.1, 0.15) is 4.21 Å². The highest BCUT2D eigenvalue weighted by Gasteiger charge is 2.21. The molecule has 0 radical (unpaired) electrons. The van der Waals surface area contributed by atoms with Gasteiger partial charge in [0.2, 0.25) is 5.91 Å². The van der Waals surface area contributed by atoms with E-state index >= 15 is 0 Å². The first-order chi connectivity index (χ1) is 11.4. The highest BCUT2D eigenvalue weighted by molar-refractivity contribution is 7.91. The molecule has 5 nitrogen and oxygen atoms in total. The predicted molar refractivity (Wildman–Crippen MR) is 96.4 cm³/mol. The van der Waals surface area contributed by atoms with Crippen molar-refractivity contribution in [1.29, 1.82) is 0 Å². The fourth-order valence-electron chi connectivity index (χ4n) is 2.24. The van der Waals surface area contributed by atoms with Gasteiger partial charge in [-0.3, -0.25) is 4.79 Å². The molecule has 24 heavy (non-hydrogen) atoms. The number of hydrogen-bond donors (Lipinski definition) is 1. The first-order valence-corrected chi connectivity index (χ1v) is 10.0. The van der Waals surface area contributed by atoms with Crippen LogP contribution in [0.15, 0.2) is 46.0 Å². The van der Waals surface area contributed by atoms with Gasteiger partial charge in [-0.1, -0.05) is 30.3 Å². The number of benzene rings is 1. The van der Waals surface area contributed by atoms with Crippen molar-refractivity contribution in [2.24, 2.45) is 0 Å². The van der Waals surface area contributed by atoms with Gasteiger partial charge in [-0.05, 0) is 35.9 Å². The van der Waals surface area contributed by atoms with Crippen LogP contribution in [-0.4, -0.2) is 32.2 Å². The highest BCUT2D eigenvalue weighted by Crippen LogP contribution is 2.19. The summed E-state index contributed by atoms with van der Waals surface area (Å²) in [6.07, 6.45) is 0.789. The lowest BCUT2D eigenvalue weighted by Gasteiger charge is -2.15. The topological polar surface area (TPSA) is 66.5 Å². The van der Waals surface area contributed by atoms with E-state index in [1.54, 1.807) is 24.6 Å². The summed E-state index contributed by atoms with van der Waals surface area (Å²) in [6, 6.07) is 11.2. The summed E-state index contributed by atoms with van der Waals surface area (Å²) in [5.41, 5.74) is 2.22. The second kappa shape index (κ2) is 8.41. The first kappa shape index (κ1) is 18.6. The standard InChI is InChI=1S/C17H22N2O3S2/c1-14-7-3-4-8-15(14)13-18-16(20)9-5-11-19(2)24(21,22)17-10-6-12-23-17/h3-4,6-8,10,12H,5,9,11,13H2,1-2H3,(H,18,20). The number of aryl methyl sites for hydroxylation is 1. The van der Waals surface area contributed by atoms with Gasteiger partial charge in [-0.25, -0.2) is 12.7 Å². The Labute approximate surface area is 147 Å². The summed E-state index contributed by atoms with van der Waals surface area (Å²) in [5.74, 6) is -0.0693. The zero-order chi connectivity index (χ0) is 17.6. The van der Waals surface area contributed by atoms with Crippen LogP contribution in [0.5, 0.6) is 0 Å². The summed E-state index contributed by atoms with van der Waals surface area (Å²) < 4.78 is 26.1. The second-order valence-electron chi connectivity index (χ2n) is 5.57. The SMILES string of the molecule is Cc1ccccc1CNC(=O)CCCN(C)S(=O)(=O)c1cccs1. The second-order valence-corrected chi connectivity index (χ2v) is 8.78. The lowest BCUT2D eigenvalue weighted by molar-refractivity contribution is -0.121. The van der Waals surface area contributed by atoms with Crippen LogP contribution in [0, 0.1) is 6.92 Å². The maximum atomic E-state index is 12.3. The van der Waals surface area contributed by atoms with E-state index in [1.807, 2.05) is 31.2 Å². The predicted octanol–water partition coefficient (Wildman–Crippen LogP) is 2.77. The molecule has 1 aromatic heterocycles. The van der Waals surface area contributed by atoms with E-state index in [0.717, 1.165) is 11.1 Å². The summed E-state index contributed by atoms with van der Waals surface area (Å²) in [5, 5.41) is 4.61. The molecule has 0 fully saturated rings. The number of rotatable bonds is 8. The van der Waals surface area contributed by atoms with Crippen LogP contribution in [-0.2, 0) is 21.4 Å². The Kier molecular flexibility index (Phi) is 6.53. The average molecular weight is 367 g/mol. The van der Waals surface area contributed by atoms with E-state index < -0.39 is 10.0 Å². The Balaban J connectivity index is 1.75.